The fourth-order valence-corrected chi connectivity index (χ4v) is 10.4. The van der Waals surface area contributed by atoms with Crippen LogP contribution in [0.15, 0.2) is 115 Å². The van der Waals surface area contributed by atoms with E-state index in [1.54, 1.807) is 28.1 Å². The maximum Gasteiger partial charge on any atom is 0.457 e. The maximum absolute atomic E-state index is 15.4. The van der Waals surface area contributed by atoms with E-state index < -0.39 is 79.3 Å². The van der Waals surface area contributed by atoms with Crippen molar-refractivity contribution in [3.05, 3.63) is 161 Å². The molecule has 0 radical (unpaired) electrons. The predicted octanol–water partition coefficient (Wildman–Crippen LogP) is 4.83. The summed E-state index contributed by atoms with van der Waals surface area (Å²) >= 11 is 0. The normalized spacial score (nSPS) is 22.8. The summed E-state index contributed by atoms with van der Waals surface area (Å²) in [6.07, 6.45) is -1.83. The van der Waals surface area contributed by atoms with Gasteiger partial charge in [-0.05, 0) is 61.2 Å². The summed E-state index contributed by atoms with van der Waals surface area (Å²) < 4.78 is 67.3. The Morgan fingerprint density at radius 3 is 1.67 bits per heavy atom. The summed E-state index contributed by atoms with van der Waals surface area (Å²) in [5, 5.41) is 0. The first-order valence-electron chi connectivity index (χ1n) is 22.1. The Hall–Kier alpha value is -6.08. The minimum atomic E-state index is -4.53. The number of nitrogens with one attached hydrogen (secondary N) is 2. The average Bonchev–Trinajstić information content (AvgIpc) is 4.02. The van der Waals surface area contributed by atoms with E-state index in [4.69, 9.17) is 32.7 Å². The van der Waals surface area contributed by atoms with E-state index in [1.165, 1.54) is 21.5 Å². The van der Waals surface area contributed by atoms with Crippen LogP contribution in [0.25, 0.3) is 0 Å². The molecule has 7 atom stereocenters. The predicted molar refractivity (Wildman–Crippen MR) is 248 cm³/mol. The highest BCUT2D eigenvalue weighted by atomic mass is 31.2. The minimum absolute atomic E-state index is 0.0782. The van der Waals surface area contributed by atoms with Crippen LogP contribution in [0, 0.1) is 13.8 Å². The van der Waals surface area contributed by atoms with Crippen molar-refractivity contribution in [2.24, 2.45) is 4.76 Å². The number of guanidine groups is 1. The second kappa shape index (κ2) is 19.6. The molecule has 19 nitrogen and oxygen atoms in total. The molecule has 5 aromatic rings. The van der Waals surface area contributed by atoms with Crippen LogP contribution in [0.4, 0.5) is 0 Å². The van der Waals surface area contributed by atoms with Gasteiger partial charge in [-0.3, -0.25) is 37.7 Å². The first kappa shape index (κ1) is 47.4. The molecule has 3 aliphatic heterocycles. The fraction of sp³-hybridized carbons (Fsp3) is 0.426. The first-order valence-corrected chi connectivity index (χ1v) is 23.6. The molecule has 3 saturated heterocycles. The molecule has 67 heavy (non-hydrogen) atoms. The van der Waals surface area contributed by atoms with Crippen LogP contribution < -0.4 is 32.0 Å². The van der Waals surface area contributed by atoms with Crippen LogP contribution in [-0.2, 0) is 33.4 Å². The molecule has 20 heteroatoms. The molecular formula is C47H56N7O12P. The summed E-state index contributed by atoms with van der Waals surface area (Å²) in [7, 11) is 2.29. The average molecular weight is 942 g/mol. The van der Waals surface area contributed by atoms with Gasteiger partial charge in [0.05, 0.1) is 39.1 Å². The highest BCUT2D eigenvalue weighted by molar-refractivity contribution is 7.52. The van der Waals surface area contributed by atoms with Crippen molar-refractivity contribution in [3.8, 4) is 11.5 Å². The molecule has 0 spiro atoms. The van der Waals surface area contributed by atoms with Crippen molar-refractivity contribution in [1.82, 2.24) is 28.9 Å². The van der Waals surface area contributed by atoms with Gasteiger partial charge in [0, 0.05) is 63.5 Å². The molecule has 0 amide bonds. The molecule has 2 unspecified atom stereocenters. The minimum Gasteiger partial charge on any atom is -0.497 e. The zero-order valence-corrected chi connectivity index (χ0v) is 39.3. The third kappa shape index (κ3) is 9.70. The summed E-state index contributed by atoms with van der Waals surface area (Å²) in [5.41, 5.74) is -0.898. The van der Waals surface area contributed by atoms with Gasteiger partial charge in [-0.15, -0.1) is 4.76 Å². The number of methoxy groups -OCH3 is 2. The largest absolute Gasteiger partial charge is 0.497 e. The van der Waals surface area contributed by atoms with Gasteiger partial charge >= 0.3 is 19.1 Å². The molecule has 2 aromatic heterocycles. The summed E-state index contributed by atoms with van der Waals surface area (Å²) in [6, 6.07) is 24.7. The van der Waals surface area contributed by atoms with E-state index in [0.717, 1.165) is 16.7 Å². The Balaban J connectivity index is 1.21. The third-order valence-electron chi connectivity index (χ3n) is 12.5. The molecule has 3 fully saturated rings. The number of likely N-dealkylation sites (N-methyl/N-ethyl adjacent to an activating group) is 2. The second-order valence-corrected chi connectivity index (χ2v) is 18.5. The van der Waals surface area contributed by atoms with Gasteiger partial charge in [-0.1, -0.05) is 61.5 Å². The van der Waals surface area contributed by atoms with Crippen molar-refractivity contribution in [1.29, 1.82) is 0 Å². The maximum atomic E-state index is 15.4. The standard InChI is InChI=1S/C47H56N7O12P/c1-8-36-38(25-41(63-36)54-27-30(3)43(56)49-46(54)58)66-67(59,50-44-51(4)22-23-52(44)5)62-28-39-37(24-40(64-39)53-26-29(2)42(55)48-45(53)57)65-47(31-12-10-9-11-13-31,32-14-18-34(60-6)19-15-32)33-16-20-35(61-7)21-17-33/h9-21,26-27,36-41H,8,22-25,28H2,1-7H3,(H,48,55,57)(H,49,56,58)/t36-,37?,38?,39-,40-,41-,67+/m1/s1. The molecule has 2 N–H and O–H groups in total. The molecule has 3 aliphatic rings. The fourth-order valence-electron chi connectivity index (χ4n) is 8.82. The van der Waals surface area contributed by atoms with E-state index in [9.17, 15) is 19.2 Å². The topological polar surface area (TPSA) is 210 Å². The lowest BCUT2D eigenvalue weighted by atomic mass is 9.79. The number of nitrogens with zero attached hydrogens (tertiary/aromatic N) is 5. The number of hydrogen-bond donors (Lipinski definition) is 2. The number of H-pyrrole nitrogens is 2. The van der Waals surface area contributed by atoms with Gasteiger partial charge in [-0.2, -0.15) is 0 Å². The number of ether oxygens (including phenoxy) is 5. The monoisotopic (exact) mass is 941 g/mol. The van der Waals surface area contributed by atoms with Crippen molar-refractivity contribution in [3.63, 3.8) is 0 Å². The number of rotatable bonds is 16. The second-order valence-electron chi connectivity index (χ2n) is 16.9. The molecule has 8 rings (SSSR count). The highest BCUT2D eigenvalue weighted by Crippen LogP contribution is 2.55. The van der Waals surface area contributed by atoms with Gasteiger partial charge in [0.1, 0.15) is 35.7 Å². The molecule has 0 aliphatic carbocycles. The zero-order chi connectivity index (χ0) is 47.6. The van der Waals surface area contributed by atoms with Crippen molar-refractivity contribution in [2.45, 2.75) is 82.5 Å². The van der Waals surface area contributed by atoms with E-state index >= 15 is 4.57 Å². The Kier molecular flexibility index (Phi) is 13.9. The molecule has 356 valence electrons. The van der Waals surface area contributed by atoms with Gasteiger partial charge in [0.15, 0.2) is 0 Å². The smallest absolute Gasteiger partial charge is 0.457 e. The van der Waals surface area contributed by atoms with Crippen LogP contribution >= 0.6 is 7.75 Å². The van der Waals surface area contributed by atoms with Crippen LogP contribution in [-0.4, -0.2) is 107 Å². The Bertz CT molecular complexity index is 2810. The Morgan fingerprint density at radius 2 is 1.18 bits per heavy atom. The molecule has 3 aromatic carbocycles. The SMILES string of the molecule is CC[C@H]1O[C@@H](n2cc(C)c(=O)[nH]c2=O)CC1O[P@](=O)(N=C1N(C)CCN1C)OC[C@H]1O[C@@H](n2cc(C)c(=O)[nH]c2=O)CC1OC(c1ccccc1)(c1ccc(OC)cc1)c1ccc(OC)cc1. The lowest BCUT2D eigenvalue weighted by molar-refractivity contribution is -0.0981. The van der Waals surface area contributed by atoms with Crippen molar-refractivity contribution < 1.29 is 37.3 Å². The van der Waals surface area contributed by atoms with Crippen LogP contribution in [0.2, 0.25) is 0 Å². The summed E-state index contributed by atoms with van der Waals surface area (Å²) in [4.78, 5) is 59.6. The number of benzene rings is 3. The summed E-state index contributed by atoms with van der Waals surface area (Å²) in [6.45, 7) is 5.85. The van der Waals surface area contributed by atoms with Crippen LogP contribution in [0.1, 0.15) is 66.5 Å². The van der Waals surface area contributed by atoms with E-state index in [2.05, 4.69) is 14.7 Å². The number of hydrogen-bond acceptors (Lipinski definition) is 12. The van der Waals surface area contributed by atoms with Gasteiger partial charge in [0.2, 0.25) is 5.96 Å². The zero-order valence-electron chi connectivity index (χ0n) is 38.4. The van der Waals surface area contributed by atoms with Crippen LogP contribution in [0.5, 0.6) is 11.5 Å². The van der Waals surface area contributed by atoms with E-state index in [0.29, 0.717) is 42.5 Å². The summed E-state index contributed by atoms with van der Waals surface area (Å²) in [5.74, 6) is 1.63. The number of aromatic amines is 2. The van der Waals surface area contributed by atoms with Gasteiger partial charge < -0.3 is 33.5 Å². The molecule has 0 saturated carbocycles. The van der Waals surface area contributed by atoms with Crippen molar-refractivity contribution in [2.75, 3.05) is 48.0 Å². The van der Waals surface area contributed by atoms with E-state index in [1.807, 2.05) is 110 Å². The number of aryl methyl sites for hydroxylation is 2. The Morgan fingerprint density at radius 1 is 0.701 bits per heavy atom. The first-order chi connectivity index (χ1) is 32.1. The van der Waals surface area contributed by atoms with E-state index in [-0.39, 0.29) is 18.4 Å². The molecule has 5 heterocycles. The van der Waals surface area contributed by atoms with Gasteiger partial charge in [-0.25, -0.2) is 14.2 Å². The number of aromatic nitrogens is 4. The lowest BCUT2D eigenvalue weighted by Crippen LogP contribution is -2.41. The molecule has 0 bridgehead atoms. The Labute approximate surface area is 386 Å². The van der Waals surface area contributed by atoms with Crippen molar-refractivity contribution >= 4 is 13.7 Å². The molecular weight excluding hydrogens is 886 g/mol. The highest BCUT2D eigenvalue weighted by Gasteiger charge is 2.49. The van der Waals surface area contributed by atoms with Crippen LogP contribution in [0.3, 0.4) is 0 Å². The quantitative estimate of drug-likeness (QED) is 0.100. The van der Waals surface area contributed by atoms with Gasteiger partial charge in [0.25, 0.3) is 11.1 Å². The third-order valence-corrected chi connectivity index (χ3v) is 13.9. The lowest BCUT2D eigenvalue weighted by Gasteiger charge is -2.39.